The molecule has 0 spiro atoms. The SMILES string of the molecule is CC(C)(C)[Si](C)(C)OCCC[C@]1(C)[C@H](O)CC[C@]2(C)C(=O)CCC[C@@H]12. The van der Waals surface area contributed by atoms with Crippen LogP contribution in [0.5, 0.6) is 0 Å². The zero-order valence-corrected chi connectivity index (χ0v) is 18.6. The monoisotopic (exact) mass is 368 g/mol. The summed E-state index contributed by atoms with van der Waals surface area (Å²) in [7, 11) is -1.71. The molecular formula is C21H40O3Si. The molecule has 0 aromatic heterocycles. The number of aliphatic hydroxyl groups is 1. The van der Waals surface area contributed by atoms with Gasteiger partial charge in [0.1, 0.15) is 5.78 Å². The molecule has 0 bridgehead atoms. The van der Waals surface area contributed by atoms with E-state index in [0.717, 1.165) is 51.6 Å². The first-order valence-electron chi connectivity index (χ1n) is 10.2. The first-order valence-corrected chi connectivity index (χ1v) is 13.1. The minimum atomic E-state index is -1.71. The Bertz CT molecular complexity index is 496. The van der Waals surface area contributed by atoms with Crippen LogP contribution in [0.1, 0.15) is 79.6 Å². The summed E-state index contributed by atoms with van der Waals surface area (Å²) in [5, 5.41) is 11.0. The molecule has 0 heterocycles. The lowest BCUT2D eigenvalue weighted by Crippen LogP contribution is -2.56. The number of hydrogen-bond donors (Lipinski definition) is 1. The molecule has 3 nitrogen and oxygen atoms in total. The van der Waals surface area contributed by atoms with Gasteiger partial charge >= 0.3 is 0 Å². The van der Waals surface area contributed by atoms with E-state index in [9.17, 15) is 9.90 Å². The Hall–Kier alpha value is -0.193. The van der Waals surface area contributed by atoms with E-state index >= 15 is 0 Å². The van der Waals surface area contributed by atoms with Crippen LogP contribution in [0.2, 0.25) is 18.1 Å². The number of aliphatic hydroxyl groups excluding tert-OH is 1. The fourth-order valence-electron chi connectivity index (χ4n) is 4.97. The number of rotatable bonds is 5. The maximum absolute atomic E-state index is 12.6. The standard InChI is InChI=1S/C21H40O3Si/c1-19(2,3)25(6,7)24-15-9-13-20(4)16-10-8-11-17(22)21(16,5)14-12-18(20)23/h16,18,23H,8-15H2,1-7H3/t16-,18+,20-,21-/m0/s1. The van der Waals surface area contributed by atoms with Crippen molar-refractivity contribution >= 4 is 14.1 Å². The molecule has 0 aliphatic heterocycles. The van der Waals surface area contributed by atoms with Crippen molar-refractivity contribution in [3.05, 3.63) is 0 Å². The van der Waals surface area contributed by atoms with Gasteiger partial charge in [0, 0.05) is 18.4 Å². The maximum atomic E-state index is 12.6. The van der Waals surface area contributed by atoms with Crippen molar-refractivity contribution < 1.29 is 14.3 Å². The lowest BCUT2D eigenvalue weighted by molar-refractivity contribution is -0.158. The second-order valence-electron chi connectivity index (χ2n) is 10.6. The largest absolute Gasteiger partial charge is 0.417 e. The van der Waals surface area contributed by atoms with Gasteiger partial charge in [-0.25, -0.2) is 0 Å². The fourth-order valence-corrected chi connectivity index (χ4v) is 6.06. The summed E-state index contributed by atoms with van der Waals surface area (Å²) in [6.07, 6.45) is 6.06. The lowest BCUT2D eigenvalue weighted by Gasteiger charge is -2.56. The Morgan fingerprint density at radius 3 is 2.48 bits per heavy atom. The van der Waals surface area contributed by atoms with Gasteiger partial charge in [-0.05, 0) is 68.0 Å². The molecular weight excluding hydrogens is 328 g/mol. The van der Waals surface area contributed by atoms with E-state index in [1.807, 2.05) is 0 Å². The van der Waals surface area contributed by atoms with Gasteiger partial charge in [-0.15, -0.1) is 0 Å². The second kappa shape index (κ2) is 7.08. The summed E-state index contributed by atoms with van der Waals surface area (Å²) in [4.78, 5) is 12.6. The van der Waals surface area contributed by atoms with Crippen molar-refractivity contribution in [2.75, 3.05) is 6.61 Å². The van der Waals surface area contributed by atoms with E-state index in [1.165, 1.54) is 0 Å². The van der Waals surface area contributed by atoms with Crippen molar-refractivity contribution in [3.8, 4) is 0 Å². The molecule has 2 fully saturated rings. The molecule has 146 valence electrons. The molecule has 2 rings (SSSR count). The molecule has 0 radical (unpaired) electrons. The number of fused-ring (bicyclic) bond motifs is 1. The van der Waals surface area contributed by atoms with Crippen molar-refractivity contribution in [2.24, 2.45) is 16.7 Å². The normalized spacial score (nSPS) is 37.0. The first kappa shape index (κ1) is 21.1. The topological polar surface area (TPSA) is 46.5 Å². The maximum Gasteiger partial charge on any atom is 0.191 e. The van der Waals surface area contributed by atoms with Crippen molar-refractivity contribution in [2.45, 2.75) is 104 Å². The highest BCUT2D eigenvalue weighted by atomic mass is 28.4. The Morgan fingerprint density at radius 2 is 1.88 bits per heavy atom. The van der Waals surface area contributed by atoms with Crippen molar-refractivity contribution in [3.63, 3.8) is 0 Å². The smallest absolute Gasteiger partial charge is 0.191 e. The summed E-state index contributed by atoms with van der Waals surface area (Å²) < 4.78 is 6.34. The van der Waals surface area contributed by atoms with Gasteiger partial charge in [-0.1, -0.05) is 34.6 Å². The van der Waals surface area contributed by atoms with Crippen LogP contribution in [-0.4, -0.2) is 31.9 Å². The molecule has 2 aliphatic carbocycles. The molecule has 0 saturated heterocycles. The van der Waals surface area contributed by atoms with E-state index in [0.29, 0.717) is 11.7 Å². The van der Waals surface area contributed by atoms with Gasteiger partial charge in [-0.2, -0.15) is 0 Å². The van der Waals surface area contributed by atoms with Crippen LogP contribution >= 0.6 is 0 Å². The van der Waals surface area contributed by atoms with E-state index in [2.05, 4.69) is 47.7 Å². The molecule has 4 atom stereocenters. The van der Waals surface area contributed by atoms with Gasteiger partial charge in [0.15, 0.2) is 8.32 Å². The molecule has 4 heteroatoms. The summed E-state index contributed by atoms with van der Waals surface area (Å²) in [6, 6.07) is 0. The molecule has 0 unspecified atom stereocenters. The zero-order chi connectivity index (χ0) is 19.1. The van der Waals surface area contributed by atoms with Crippen molar-refractivity contribution in [1.82, 2.24) is 0 Å². The first-order chi connectivity index (χ1) is 11.3. The summed E-state index contributed by atoms with van der Waals surface area (Å²) in [5.74, 6) is 0.747. The van der Waals surface area contributed by atoms with Crippen LogP contribution in [-0.2, 0) is 9.22 Å². The highest BCUT2D eigenvalue weighted by Crippen LogP contribution is 2.58. The third kappa shape index (κ3) is 3.91. The third-order valence-electron chi connectivity index (χ3n) is 7.93. The molecule has 0 aromatic carbocycles. The Kier molecular flexibility index (Phi) is 5.98. The van der Waals surface area contributed by atoms with E-state index < -0.39 is 8.32 Å². The Morgan fingerprint density at radius 1 is 1.24 bits per heavy atom. The van der Waals surface area contributed by atoms with Crippen LogP contribution in [0, 0.1) is 16.7 Å². The van der Waals surface area contributed by atoms with E-state index in [-0.39, 0.29) is 22.0 Å². The second-order valence-corrected chi connectivity index (χ2v) is 15.4. The lowest BCUT2D eigenvalue weighted by atomic mass is 9.49. The van der Waals surface area contributed by atoms with Crippen LogP contribution in [0.4, 0.5) is 0 Å². The molecule has 25 heavy (non-hydrogen) atoms. The molecule has 2 aliphatic rings. The van der Waals surface area contributed by atoms with Gasteiger partial charge in [0.2, 0.25) is 0 Å². The number of hydrogen-bond acceptors (Lipinski definition) is 3. The Balaban J connectivity index is 2.02. The number of Topliss-reactive ketones (excluding diaryl/α,β-unsaturated/α-hetero) is 1. The third-order valence-corrected chi connectivity index (χ3v) is 12.5. The fraction of sp³-hybridized carbons (Fsp3) is 0.952. The van der Waals surface area contributed by atoms with Gasteiger partial charge in [0.25, 0.3) is 0 Å². The highest BCUT2D eigenvalue weighted by Gasteiger charge is 2.56. The highest BCUT2D eigenvalue weighted by molar-refractivity contribution is 6.74. The van der Waals surface area contributed by atoms with Crippen molar-refractivity contribution in [1.29, 1.82) is 0 Å². The zero-order valence-electron chi connectivity index (χ0n) is 17.6. The molecule has 1 N–H and O–H groups in total. The quantitative estimate of drug-likeness (QED) is 0.527. The minimum absolute atomic E-state index is 0.153. The number of carbonyl (C=O) groups excluding carboxylic acids is 1. The van der Waals surface area contributed by atoms with Crippen LogP contribution < -0.4 is 0 Å². The Labute approximate surface area is 156 Å². The summed E-state index contributed by atoms with van der Waals surface area (Å²) in [5.41, 5.74) is -0.369. The summed E-state index contributed by atoms with van der Waals surface area (Å²) >= 11 is 0. The van der Waals surface area contributed by atoms with Gasteiger partial charge in [0.05, 0.1) is 6.10 Å². The van der Waals surface area contributed by atoms with Gasteiger partial charge in [-0.3, -0.25) is 4.79 Å². The predicted molar refractivity (Wildman–Crippen MR) is 106 cm³/mol. The molecule has 2 saturated carbocycles. The van der Waals surface area contributed by atoms with E-state index in [1.54, 1.807) is 0 Å². The van der Waals surface area contributed by atoms with E-state index in [4.69, 9.17) is 4.43 Å². The van der Waals surface area contributed by atoms with Crippen LogP contribution in [0.25, 0.3) is 0 Å². The summed E-state index contributed by atoms with van der Waals surface area (Å²) in [6.45, 7) is 16.6. The van der Waals surface area contributed by atoms with Gasteiger partial charge < -0.3 is 9.53 Å². The average Bonchev–Trinajstić information content (AvgIpc) is 2.49. The molecule has 0 aromatic rings. The number of ketones is 1. The number of carbonyl (C=O) groups is 1. The average molecular weight is 369 g/mol. The minimum Gasteiger partial charge on any atom is -0.417 e. The predicted octanol–water partition coefficient (Wildman–Crippen LogP) is 5.32. The molecule has 0 amide bonds. The van der Waals surface area contributed by atoms with Crippen LogP contribution in [0.3, 0.4) is 0 Å². The van der Waals surface area contributed by atoms with Crippen LogP contribution in [0.15, 0.2) is 0 Å².